The molecule has 0 unspecified atom stereocenters. The van der Waals surface area contributed by atoms with E-state index in [1.54, 1.807) is 0 Å². The number of nitrogens with zero attached hydrogens (tertiary/aromatic N) is 1. The highest BCUT2D eigenvalue weighted by atomic mass is 16.2. The van der Waals surface area contributed by atoms with E-state index in [0.717, 1.165) is 47.4 Å². The Kier molecular flexibility index (Phi) is 3.61. The van der Waals surface area contributed by atoms with Crippen molar-refractivity contribution in [3.63, 3.8) is 0 Å². The lowest BCUT2D eigenvalue weighted by Gasteiger charge is -2.21. The van der Waals surface area contributed by atoms with Crippen molar-refractivity contribution in [2.75, 3.05) is 22.5 Å². The molecule has 1 aromatic heterocycles. The molecule has 122 valence electrons. The normalized spacial score (nSPS) is 13.2. The first-order chi connectivity index (χ1) is 11.7. The average molecular weight is 320 g/mol. The van der Waals surface area contributed by atoms with Crippen LogP contribution >= 0.6 is 0 Å². The molecule has 1 aliphatic rings. The zero-order valence-corrected chi connectivity index (χ0v) is 13.6. The minimum absolute atomic E-state index is 0.218. The summed E-state index contributed by atoms with van der Waals surface area (Å²) in [6.07, 6.45) is 4.07. The van der Waals surface area contributed by atoms with Gasteiger partial charge in [-0.05, 0) is 54.8 Å². The van der Waals surface area contributed by atoms with Crippen LogP contribution in [0.4, 0.5) is 21.9 Å². The van der Waals surface area contributed by atoms with Crippen molar-refractivity contribution < 1.29 is 4.79 Å². The van der Waals surface area contributed by atoms with Gasteiger partial charge in [-0.1, -0.05) is 6.07 Å². The summed E-state index contributed by atoms with van der Waals surface area (Å²) in [6, 6.07) is 13.7. The Balaban J connectivity index is 1.52. The molecule has 3 N–H and O–H groups in total. The standard InChI is InChI=1S/C19H20N4O/c1-23-11-9-13-12-14(7-8-18(13)23)21-19(24)22-17-6-2-5-16-15(17)4-3-10-20-16/h2,5-9,11-12,20H,3-4,10H2,1H3,(H2,21,22,24). The van der Waals surface area contributed by atoms with Gasteiger partial charge in [0.1, 0.15) is 0 Å². The molecule has 5 nitrogen and oxygen atoms in total. The monoisotopic (exact) mass is 320 g/mol. The van der Waals surface area contributed by atoms with E-state index in [-0.39, 0.29) is 6.03 Å². The Morgan fingerprint density at radius 2 is 2.08 bits per heavy atom. The van der Waals surface area contributed by atoms with Crippen LogP contribution in [-0.4, -0.2) is 17.1 Å². The first kappa shape index (κ1) is 14.6. The van der Waals surface area contributed by atoms with E-state index in [9.17, 15) is 4.79 Å². The van der Waals surface area contributed by atoms with E-state index in [1.807, 2.05) is 49.6 Å². The molecular formula is C19H20N4O. The van der Waals surface area contributed by atoms with Crippen LogP contribution in [0.5, 0.6) is 0 Å². The number of aryl methyl sites for hydroxylation is 1. The molecule has 0 bridgehead atoms. The van der Waals surface area contributed by atoms with Crippen LogP contribution in [0.1, 0.15) is 12.0 Å². The van der Waals surface area contributed by atoms with Crippen LogP contribution < -0.4 is 16.0 Å². The molecule has 1 aliphatic heterocycles. The molecule has 0 saturated carbocycles. The Morgan fingerprint density at radius 3 is 3.00 bits per heavy atom. The molecule has 2 amide bonds. The maximum absolute atomic E-state index is 12.4. The number of fused-ring (bicyclic) bond motifs is 2. The number of amides is 2. The molecule has 0 saturated heterocycles. The molecule has 0 spiro atoms. The van der Waals surface area contributed by atoms with Crippen LogP contribution in [0.25, 0.3) is 10.9 Å². The third-order valence-corrected chi connectivity index (χ3v) is 4.49. The van der Waals surface area contributed by atoms with Gasteiger partial charge in [0.15, 0.2) is 0 Å². The summed E-state index contributed by atoms with van der Waals surface area (Å²) in [6.45, 7) is 0.986. The van der Waals surface area contributed by atoms with Gasteiger partial charge in [-0.25, -0.2) is 4.79 Å². The van der Waals surface area contributed by atoms with Gasteiger partial charge >= 0.3 is 6.03 Å². The second-order valence-corrected chi connectivity index (χ2v) is 6.14. The predicted molar refractivity (Wildman–Crippen MR) is 98.8 cm³/mol. The third-order valence-electron chi connectivity index (χ3n) is 4.49. The summed E-state index contributed by atoms with van der Waals surface area (Å²) in [5.74, 6) is 0. The van der Waals surface area contributed by atoms with Crippen molar-refractivity contribution in [1.82, 2.24) is 4.57 Å². The summed E-state index contributed by atoms with van der Waals surface area (Å²) in [5, 5.41) is 10.4. The fourth-order valence-electron chi connectivity index (χ4n) is 3.27. The van der Waals surface area contributed by atoms with Crippen LogP contribution in [0.2, 0.25) is 0 Å². The molecular weight excluding hydrogens is 300 g/mol. The highest BCUT2D eigenvalue weighted by molar-refractivity contribution is 6.01. The number of aromatic nitrogens is 1. The van der Waals surface area contributed by atoms with Gasteiger partial charge in [0, 0.05) is 47.8 Å². The Labute approximate surface area is 140 Å². The summed E-state index contributed by atoms with van der Waals surface area (Å²) in [5.41, 5.74) is 5.10. The first-order valence-electron chi connectivity index (χ1n) is 8.19. The highest BCUT2D eigenvalue weighted by Crippen LogP contribution is 2.29. The van der Waals surface area contributed by atoms with Crippen LogP contribution in [-0.2, 0) is 13.5 Å². The molecule has 24 heavy (non-hydrogen) atoms. The minimum atomic E-state index is -0.218. The molecule has 0 radical (unpaired) electrons. The lowest BCUT2D eigenvalue weighted by Crippen LogP contribution is -2.21. The van der Waals surface area contributed by atoms with Gasteiger partial charge in [0.25, 0.3) is 0 Å². The number of carbonyl (C=O) groups excluding carboxylic acids is 1. The molecule has 0 fully saturated rings. The Morgan fingerprint density at radius 1 is 1.17 bits per heavy atom. The van der Waals surface area contributed by atoms with Crippen molar-refractivity contribution in [2.45, 2.75) is 12.8 Å². The predicted octanol–water partition coefficient (Wildman–Crippen LogP) is 4.18. The van der Waals surface area contributed by atoms with E-state index in [1.165, 1.54) is 5.56 Å². The first-order valence-corrected chi connectivity index (χ1v) is 8.19. The van der Waals surface area contributed by atoms with Crippen LogP contribution in [0.15, 0.2) is 48.7 Å². The summed E-state index contributed by atoms with van der Waals surface area (Å²) in [7, 11) is 2.01. The van der Waals surface area contributed by atoms with E-state index in [4.69, 9.17) is 0 Å². The van der Waals surface area contributed by atoms with E-state index < -0.39 is 0 Å². The van der Waals surface area contributed by atoms with Gasteiger partial charge in [-0.15, -0.1) is 0 Å². The van der Waals surface area contributed by atoms with Gasteiger partial charge in [0.05, 0.1) is 0 Å². The maximum atomic E-state index is 12.4. The van der Waals surface area contributed by atoms with Crippen molar-refractivity contribution in [3.05, 3.63) is 54.2 Å². The van der Waals surface area contributed by atoms with Crippen molar-refractivity contribution >= 4 is 34.0 Å². The molecule has 2 heterocycles. The van der Waals surface area contributed by atoms with E-state index >= 15 is 0 Å². The SMILES string of the molecule is Cn1ccc2cc(NC(=O)Nc3cccc4c3CCCN4)ccc21. The van der Waals surface area contributed by atoms with Crippen molar-refractivity contribution in [3.8, 4) is 0 Å². The number of carbonyl (C=O) groups is 1. The summed E-state index contributed by atoms with van der Waals surface area (Å²) >= 11 is 0. The topological polar surface area (TPSA) is 58.1 Å². The van der Waals surface area contributed by atoms with Crippen LogP contribution in [0, 0.1) is 0 Å². The highest BCUT2D eigenvalue weighted by Gasteiger charge is 2.14. The summed E-state index contributed by atoms with van der Waals surface area (Å²) in [4.78, 5) is 12.4. The largest absolute Gasteiger partial charge is 0.385 e. The molecule has 0 atom stereocenters. The zero-order valence-electron chi connectivity index (χ0n) is 13.6. The lowest BCUT2D eigenvalue weighted by molar-refractivity contribution is 0.262. The molecule has 5 heteroatoms. The number of hydrogen-bond donors (Lipinski definition) is 3. The lowest BCUT2D eigenvalue weighted by atomic mass is 10.0. The average Bonchev–Trinajstić information content (AvgIpc) is 2.96. The number of nitrogens with one attached hydrogen (secondary N) is 3. The minimum Gasteiger partial charge on any atom is -0.385 e. The zero-order chi connectivity index (χ0) is 16.5. The maximum Gasteiger partial charge on any atom is 0.323 e. The quantitative estimate of drug-likeness (QED) is 0.663. The fourth-order valence-corrected chi connectivity index (χ4v) is 3.27. The fraction of sp³-hybridized carbons (Fsp3) is 0.211. The number of hydrogen-bond acceptors (Lipinski definition) is 2. The molecule has 2 aromatic carbocycles. The Hall–Kier alpha value is -2.95. The number of rotatable bonds is 2. The smallest absolute Gasteiger partial charge is 0.323 e. The second kappa shape index (κ2) is 5.92. The molecule has 3 aromatic rings. The van der Waals surface area contributed by atoms with Gasteiger partial charge in [0.2, 0.25) is 0 Å². The Bertz CT molecular complexity index is 913. The van der Waals surface area contributed by atoms with Crippen molar-refractivity contribution in [2.24, 2.45) is 7.05 Å². The number of anilines is 3. The van der Waals surface area contributed by atoms with Crippen molar-refractivity contribution in [1.29, 1.82) is 0 Å². The van der Waals surface area contributed by atoms with E-state index in [2.05, 4.69) is 26.6 Å². The molecule has 0 aliphatic carbocycles. The number of urea groups is 1. The van der Waals surface area contributed by atoms with Gasteiger partial charge < -0.3 is 20.5 Å². The van der Waals surface area contributed by atoms with Crippen LogP contribution in [0.3, 0.4) is 0 Å². The third kappa shape index (κ3) is 2.69. The summed E-state index contributed by atoms with van der Waals surface area (Å²) < 4.78 is 2.06. The van der Waals surface area contributed by atoms with E-state index in [0.29, 0.717) is 0 Å². The van der Waals surface area contributed by atoms with Gasteiger partial charge in [-0.2, -0.15) is 0 Å². The van der Waals surface area contributed by atoms with Gasteiger partial charge in [-0.3, -0.25) is 0 Å². The second-order valence-electron chi connectivity index (χ2n) is 6.14. The molecule has 4 rings (SSSR count). The number of benzene rings is 2.